The number of hydrogen-bond acceptors (Lipinski definition) is 5. The monoisotopic (exact) mass is 311 g/mol. The predicted octanol–water partition coefficient (Wildman–Crippen LogP) is 2.23. The van der Waals surface area contributed by atoms with Gasteiger partial charge in [-0.1, -0.05) is 6.42 Å². The van der Waals surface area contributed by atoms with E-state index in [0.717, 1.165) is 36.4 Å². The lowest BCUT2D eigenvalue weighted by Gasteiger charge is -2.29. The van der Waals surface area contributed by atoms with Gasteiger partial charge in [0.25, 0.3) is 0 Å². The van der Waals surface area contributed by atoms with Crippen molar-refractivity contribution in [2.24, 2.45) is 0 Å². The first-order valence-electron chi connectivity index (χ1n) is 7.37. The molecule has 0 spiro atoms. The van der Waals surface area contributed by atoms with E-state index in [4.69, 9.17) is 9.47 Å². The number of ether oxygens (including phenoxy) is 2. The molecule has 1 aromatic rings. The molecule has 0 amide bonds. The van der Waals surface area contributed by atoms with Gasteiger partial charge in [-0.05, 0) is 31.4 Å². The second kappa shape index (κ2) is 5.75. The summed E-state index contributed by atoms with van der Waals surface area (Å²) in [5, 5.41) is 3.21. The van der Waals surface area contributed by atoms with Crippen molar-refractivity contribution < 1.29 is 17.9 Å². The number of sulfone groups is 1. The molecule has 1 fully saturated rings. The molecule has 0 saturated heterocycles. The van der Waals surface area contributed by atoms with Crippen LogP contribution in [0, 0.1) is 0 Å². The zero-order valence-electron chi connectivity index (χ0n) is 12.2. The fourth-order valence-corrected chi connectivity index (χ4v) is 4.21. The van der Waals surface area contributed by atoms with Crippen molar-refractivity contribution in [1.82, 2.24) is 0 Å². The van der Waals surface area contributed by atoms with Crippen LogP contribution in [0.2, 0.25) is 0 Å². The van der Waals surface area contributed by atoms with E-state index in [0.29, 0.717) is 19.6 Å². The average molecular weight is 311 g/mol. The van der Waals surface area contributed by atoms with Gasteiger partial charge in [0.2, 0.25) is 0 Å². The van der Waals surface area contributed by atoms with Crippen LogP contribution in [0.5, 0.6) is 11.5 Å². The maximum atomic E-state index is 11.7. The molecule has 3 rings (SSSR count). The van der Waals surface area contributed by atoms with Crippen molar-refractivity contribution in [2.45, 2.75) is 37.0 Å². The third-order valence-electron chi connectivity index (χ3n) is 4.14. The van der Waals surface area contributed by atoms with E-state index in [2.05, 4.69) is 5.32 Å². The van der Waals surface area contributed by atoms with Gasteiger partial charge in [-0.2, -0.15) is 0 Å². The number of nitrogens with one attached hydrogen (secondary N) is 1. The van der Waals surface area contributed by atoms with Crippen LogP contribution in [0.1, 0.15) is 25.7 Å². The summed E-state index contributed by atoms with van der Waals surface area (Å²) < 4.78 is 34.5. The lowest BCUT2D eigenvalue weighted by molar-refractivity contribution is 0.171. The van der Waals surface area contributed by atoms with Gasteiger partial charge in [-0.25, -0.2) is 8.42 Å². The van der Waals surface area contributed by atoms with Crippen LogP contribution in [-0.2, 0) is 9.84 Å². The van der Waals surface area contributed by atoms with Gasteiger partial charge in [-0.3, -0.25) is 0 Å². The van der Waals surface area contributed by atoms with Gasteiger partial charge in [0.1, 0.15) is 23.1 Å². The van der Waals surface area contributed by atoms with E-state index >= 15 is 0 Å². The highest BCUT2D eigenvalue weighted by Gasteiger charge is 2.28. The summed E-state index contributed by atoms with van der Waals surface area (Å²) in [5.41, 5.74) is 0.957. The average Bonchev–Trinajstić information content (AvgIpc) is 2.46. The Balaban J connectivity index is 1.69. The van der Waals surface area contributed by atoms with E-state index < -0.39 is 9.84 Å². The SMILES string of the molecule is CS(=O)(=O)C1CCCC(Nc2ccc3c(c2)OCCO3)C1. The fraction of sp³-hybridized carbons (Fsp3) is 0.600. The van der Waals surface area contributed by atoms with Crippen molar-refractivity contribution >= 4 is 15.5 Å². The number of rotatable bonds is 3. The zero-order chi connectivity index (χ0) is 14.9. The lowest BCUT2D eigenvalue weighted by atomic mass is 9.94. The molecule has 2 aliphatic rings. The molecule has 21 heavy (non-hydrogen) atoms. The van der Waals surface area contributed by atoms with Crippen LogP contribution in [0.4, 0.5) is 5.69 Å². The molecular formula is C15H21NO4S. The lowest BCUT2D eigenvalue weighted by Crippen LogP contribution is -2.34. The Hall–Kier alpha value is -1.43. The maximum Gasteiger partial charge on any atom is 0.163 e. The summed E-state index contributed by atoms with van der Waals surface area (Å²) in [6, 6.07) is 5.98. The van der Waals surface area contributed by atoms with E-state index in [1.54, 1.807) is 0 Å². The molecule has 0 radical (unpaired) electrons. The van der Waals surface area contributed by atoms with E-state index in [-0.39, 0.29) is 11.3 Å². The molecule has 2 atom stereocenters. The van der Waals surface area contributed by atoms with Crippen molar-refractivity contribution in [2.75, 3.05) is 24.8 Å². The predicted molar refractivity (Wildman–Crippen MR) is 81.9 cm³/mol. The highest BCUT2D eigenvalue weighted by Crippen LogP contribution is 2.34. The first kappa shape index (κ1) is 14.5. The first-order valence-corrected chi connectivity index (χ1v) is 9.33. The molecule has 0 bridgehead atoms. The highest BCUT2D eigenvalue weighted by atomic mass is 32.2. The molecular weight excluding hydrogens is 290 g/mol. The van der Waals surface area contributed by atoms with Gasteiger partial charge in [0.15, 0.2) is 11.5 Å². The molecule has 2 unspecified atom stereocenters. The molecule has 1 heterocycles. The quantitative estimate of drug-likeness (QED) is 0.927. The van der Waals surface area contributed by atoms with Crippen LogP contribution in [0.15, 0.2) is 18.2 Å². The molecule has 6 heteroatoms. The summed E-state index contributed by atoms with van der Waals surface area (Å²) >= 11 is 0. The van der Waals surface area contributed by atoms with Gasteiger partial charge < -0.3 is 14.8 Å². The normalized spacial score (nSPS) is 25.4. The van der Waals surface area contributed by atoms with E-state index in [9.17, 15) is 8.42 Å². The van der Waals surface area contributed by atoms with E-state index in [1.165, 1.54) is 6.26 Å². The second-order valence-corrected chi connectivity index (χ2v) is 8.14. The maximum absolute atomic E-state index is 11.7. The largest absolute Gasteiger partial charge is 0.486 e. The van der Waals surface area contributed by atoms with Crippen LogP contribution >= 0.6 is 0 Å². The van der Waals surface area contributed by atoms with Crippen molar-refractivity contribution in [3.05, 3.63) is 18.2 Å². The third-order valence-corrected chi connectivity index (χ3v) is 5.78. The molecule has 0 aromatic heterocycles. The molecule has 1 N–H and O–H groups in total. The number of hydrogen-bond donors (Lipinski definition) is 1. The second-order valence-electron chi connectivity index (χ2n) is 5.82. The van der Waals surface area contributed by atoms with Crippen molar-refractivity contribution in [3.8, 4) is 11.5 Å². The minimum absolute atomic E-state index is 0.195. The molecule has 1 aromatic carbocycles. The van der Waals surface area contributed by atoms with Crippen LogP contribution < -0.4 is 14.8 Å². The summed E-state index contributed by atoms with van der Waals surface area (Å²) in [4.78, 5) is 0. The van der Waals surface area contributed by atoms with Gasteiger partial charge in [-0.15, -0.1) is 0 Å². The fourth-order valence-electron chi connectivity index (χ4n) is 3.03. The van der Waals surface area contributed by atoms with Gasteiger partial charge in [0.05, 0.1) is 5.25 Å². The van der Waals surface area contributed by atoms with Crippen LogP contribution in [-0.4, -0.2) is 39.2 Å². The molecule has 1 saturated carbocycles. The van der Waals surface area contributed by atoms with Crippen LogP contribution in [0.3, 0.4) is 0 Å². The number of fused-ring (bicyclic) bond motifs is 1. The molecule has 116 valence electrons. The molecule has 5 nitrogen and oxygen atoms in total. The summed E-state index contributed by atoms with van der Waals surface area (Å²) in [7, 11) is -2.95. The minimum atomic E-state index is -2.95. The minimum Gasteiger partial charge on any atom is -0.486 e. The standard InChI is InChI=1S/C15H21NO4S/c1-21(17,18)13-4-2-3-11(9-13)16-12-5-6-14-15(10-12)20-8-7-19-14/h5-6,10-11,13,16H,2-4,7-9H2,1H3. The van der Waals surface area contributed by atoms with Gasteiger partial charge >= 0.3 is 0 Å². The Morgan fingerprint density at radius 3 is 2.67 bits per heavy atom. The Kier molecular flexibility index (Phi) is 3.97. The highest BCUT2D eigenvalue weighted by molar-refractivity contribution is 7.91. The van der Waals surface area contributed by atoms with Crippen LogP contribution in [0.25, 0.3) is 0 Å². The smallest absolute Gasteiger partial charge is 0.163 e. The first-order chi connectivity index (χ1) is 10.0. The molecule has 1 aliphatic heterocycles. The summed E-state index contributed by atoms with van der Waals surface area (Å²) in [6.45, 7) is 1.15. The third kappa shape index (κ3) is 3.43. The zero-order valence-corrected chi connectivity index (χ0v) is 13.0. The Bertz CT molecular complexity index is 614. The van der Waals surface area contributed by atoms with E-state index in [1.807, 2.05) is 18.2 Å². The molecule has 1 aliphatic carbocycles. The van der Waals surface area contributed by atoms with Crippen molar-refractivity contribution in [1.29, 1.82) is 0 Å². The summed E-state index contributed by atoms with van der Waals surface area (Å²) in [5.74, 6) is 1.52. The summed E-state index contributed by atoms with van der Waals surface area (Å²) in [6.07, 6.45) is 4.73. The van der Waals surface area contributed by atoms with Gasteiger partial charge in [0, 0.05) is 24.1 Å². The number of benzene rings is 1. The Morgan fingerprint density at radius 1 is 1.14 bits per heavy atom. The van der Waals surface area contributed by atoms with Crippen molar-refractivity contribution in [3.63, 3.8) is 0 Å². The Morgan fingerprint density at radius 2 is 1.90 bits per heavy atom. The topological polar surface area (TPSA) is 64.6 Å². The number of anilines is 1. The Labute approximate surface area is 125 Å².